The van der Waals surface area contributed by atoms with Gasteiger partial charge in [0.1, 0.15) is 5.69 Å². The van der Waals surface area contributed by atoms with E-state index in [2.05, 4.69) is 86.6 Å². The SMILES string of the molecule is CC(C)c1ccccc1N(C(=O)NC(C)(CC(CNC(=O)c1ccccn1)c1ccccc1)c1ccccc1)c1ccccc1C(C)C. The molecule has 0 aliphatic rings. The molecule has 2 unspecified atom stereocenters. The Hall–Kier alpha value is -5.23. The maximum Gasteiger partial charge on any atom is 0.327 e. The number of carbonyl (C=O) groups excluding carboxylic acids is 2. The van der Waals surface area contributed by atoms with Crippen LogP contribution in [-0.4, -0.2) is 23.5 Å². The van der Waals surface area contributed by atoms with E-state index in [0.29, 0.717) is 18.7 Å². The van der Waals surface area contributed by atoms with Gasteiger partial charge in [0.15, 0.2) is 0 Å². The lowest BCUT2D eigenvalue weighted by molar-refractivity contribution is 0.0943. The van der Waals surface area contributed by atoms with E-state index in [1.807, 2.05) is 77.7 Å². The van der Waals surface area contributed by atoms with E-state index in [9.17, 15) is 9.59 Å². The molecule has 1 heterocycles. The molecule has 0 radical (unpaired) electrons. The molecular weight excluding hydrogens is 592 g/mol. The number of pyridine rings is 1. The van der Waals surface area contributed by atoms with Crippen LogP contribution in [0, 0.1) is 0 Å². The van der Waals surface area contributed by atoms with Crippen LogP contribution in [0.3, 0.4) is 0 Å². The van der Waals surface area contributed by atoms with E-state index in [4.69, 9.17) is 0 Å². The van der Waals surface area contributed by atoms with Crippen LogP contribution in [0.4, 0.5) is 16.2 Å². The second kappa shape index (κ2) is 15.6. The highest BCUT2D eigenvalue weighted by Crippen LogP contribution is 2.39. The lowest BCUT2D eigenvalue weighted by Gasteiger charge is -2.38. The molecule has 0 saturated carbocycles. The second-order valence-electron chi connectivity index (χ2n) is 13.1. The van der Waals surface area contributed by atoms with Crippen molar-refractivity contribution in [1.29, 1.82) is 0 Å². The zero-order valence-electron chi connectivity index (χ0n) is 28.6. The Balaban J connectivity index is 1.57. The standard InChI is InChI=1S/C42H46N4O2/c1-30(2)35-22-12-14-25-38(35)46(39-26-15-13-23-36(39)31(3)4)41(48)45-42(5,34-20-10-7-11-21-34)28-33(32-18-8-6-9-19-32)29-44-40(47)37-24-16-17-27-43-37/h6-27,30-31,33H,28-29H2,1-5H3,(H,44,47)(H,45,48). The van der Waals surface area contributed by atoms with E-state index in [1.54, 1.807) is 24.4 Å². The third-order valence-electron chi connectivity index (χ3n) is 8.93. The lowest BCUT2D eigenvalue weighted by Crippen LogP contribution is -2.50. The fourth-order valence-electron chi connectivity index (χ4n) is 6.38. The summed E-state index contributed by atoms with van der Waals surface area (Å²) in [6, 6.07) is 41.7. The van der Waals surface area contributed by atoms with Crippen LogP contribution >= 0.6 is 0 Å². The molecule has 1 aromatic heterocycles. The molecule has 0 saturated heterocycles. The molecule has 0 bridgehead atoms. The number of nitrogens with zero attached hydrogens (tertiary/aromatic N) is 2. The Bertz CT molecular complexity index is 1740. The van der Waals surface area contributed by atoms with E-state index >= 15 is 0 Å². The number of anilines is 2. The van der Waals surface area contributed by atoms with Crippen molar-refractivity contribution in [2.45, 2.75) is 64.3 Å². The minimum atomic E-state index is -0.813. The van der Waals surface area contributed by atoms with Gasteiger partial charge in [-0.3, -0.25) is 14.7 Å². The summed E-state index contributed by atoms with van der Waals surface area (Å²) in [4.78, 5) is 34.2. The van der Waals surface area contributed by atoms with Gasteiger partial charge in [-0.05, 0) is 71.7 Å². The number of para-hydroxylation sites is 2. The highest BCUT2D eigenvalue weighted by molar-refractivity contribution is 6.01. The van der Waals surface area contributed by atoms with Crippen LogP contribution in [0.1, 0.15) is 91.5 Å². The predicted molar refractivity (Wildman–Crippen MR) is 196 cm³/mol. The molecule has 48 heavy (non-hydrogen) atoms. The van der Waals surface area contributed by atoms with Gasteiger partial charge in [0, 0.05) is 18.7 Å². The van der Waals surface area contributed by atoms with Crippen LogP contribution in [0.2, 0.25) is 0 Å². The number of rotatable bonds is 12. The molecule has 0 aliphatic heterocycles. The van der Waals surface area contributed by atoms with Crippen LogP contribution in [0.15, 0.2) is 134 Å². The quantitative estimate of drug-likeness (QED) is 0.143. The van der Waals surface area contributed by atoms with Crippen molar-refractivity contribution in [3.8, 4) is 0 Å². The topological polar surface area (TPSA) is 74.3 Å². The van der Waals surface area contributed by atoms with E-state index in [1.165, 1.54) is 0 Å². The maximum absolute atomic E-state index is 15.0. The van der Waals surface area contributed by atoms with Crippen molar-refractivity contribution >= 4 is 23.3 Å². The first kappa shape index (κ1) is 34.1. The summed E-state index contributed by atoms with van der Waals surface area (Å²) in [7, 11) is 0. The molecule has 6 nitrogen and oxygen atoms in total. The number of urea groups is 1. The molecule has 2 N–H and O–H groups in total. The maximum atomic E-state index is 15.0. The van der Waals surface area contributed by atoms with E-state index in [0.717, 1.165) is 33.6 Å². The first-order valence-corrected chi connectivity index (χ1v) is 16.8. The Morgan fingerprint density at radius 3 is 1.75 bits per heavy atom. The van der Waals surface area contributed by atoms with Gasteiger partial charge >= 0.3 is 6.03 Å². The van der Waals surface area contributed by atoms with Gasteiger partial charge in [-0.15, -0.1) is 0 Å². The summed E-state index contributed by atoms with van der Waals surface area (Å²) < 4.78 is 0. The zero-order chi connectivity index (χ0) is 34.1. The third-order valence-corrected chi connectivity index (χ3v) is 8.93. The van der Waals surface area contributed by atoms with Gasteiger partial charge in [-0.2, -0.15) is 0 Å². The first-order valence-electron chi connectivity index (χ1n) is 16.8. The molecule has 4 aromatic carbocycles. The third kappa shape index (κ3) is 8.00. The van der Waals surface area contributed by atoms with Gasteiger partial charge in [-0.1, -0.05) is 131 Å². The van der Waals surface area contributed by atoms with Gasteiger partial charge in [0.2, 0.25) is 0 Å². The van der Waals surface area contributed by atoms with E-state index < -0.39 is 5.54 Å². The highest BCUT2D eigenvalue weighted by atomic mass is 16.2. The zero-order valence-corrected chi connectivity index (χ0v) is 28.6. The highest BCUT2D eigenvalue weighted by Gasteiger charge is 2.36. The van der Waals surface area contributed by atoms with Crippen LogP contribution in [0.5, 0.6) is 0 Å². The average molecular weight is 639 g/mol. The van der Waals surface area contributed by atoms with Gasteiger partial charge in [0.05, 0.1) is 16.9 Å². The minimum Gasteiger partial charge on any atom is -0.350 e. The van der Waals surface area contributed by atoms with Crippen molar-refractivity contribution < 1.29 is 9.59 Å². The number of nitrogens with one attached hydrogen (secondary N) is 2. The summed E-state index contributed by atoms with van der Waals surface area (Å²) in [5.41, 5.74) is 5.50. The van der Waals surface area contributed by atoms with Crippen molar-refractivity contribution in [1.82, 2.24) is 15.6 Å². The summed E-state index contributed by atoms with van der Waals surface area (Å²) >= 11 is 0. The van der Waals surface area contributed by atoms with Gasteiger partial charge in [-0.25, -0.2) is 4.79 Å². The normalized spacial score (nSPS) is 13.1. The van der Waals surface area contributed by atoms with Crippen LogP contribution < -0.4 is 15.5 Å². The Morgan fingerprint density at radius 2 is 1.21 bits per heavy atom. The number of hydrogen-bond donors (Lipinski definition) is 2. The fraction of sp³-hybridized carbons (Fsp3) is 0.262. The lowest BCUT2D eigenvalue weighted by atomic mass is 9.80. The molecule has 3 amide bonds. The Morgan fingerprint density at radius 1 is 0.688 bits per heavy atom. The smallest absolute Gasteiger partial charge is 0.327 e. The average Bonchev–Trinajstić information content (AvgIpc) is 3.11. The summed E-state index contributed by atoms with van der Waals surface area (Å²) in [5, 5.41) is 6.64. The summed E-state index contributed by atoms with van der Waals surface area (Å²) in [5.74, 6) is 0.0502. The number of hydrogen-bond acceptors (Lipinski definition) is 3. The Kier molecular flexibility index (Phi) is 11.1. The number of amides is 3. The first-order chi connectivity index (χ1) is 23.2. The van der Waals surface area contributed by atoms with Crippen LogP contribution in [-0.2, 0) is 5.54 Å². The molecule has 5 aromatic rings. The Labute approximate surface area is 285 Å². The molecular formula is C42H46N4O2. The van der Waals surface area contributed by atoms with Crippen molar-refractivity contribution in [2.24, 2.45) is 0 Å². The molecule has 0 aliphatic carbocycles. The second-order valence-corrected chi connectivity index (χ2v) is 13.1. The molecule has 246 valence electrons. The van der Waals surface area contributed by atoms with Crippen molar-refractivity contribution in [2.75, 3.05) is 11.4 Å². The van der Waals surface area contributed by atoms with E-state index in [-0.39, 0.29) is 29.7 Å². The minimum absolute atomic E-state index is 0.122. The molecule has 2 atom stereocenters. The van der Waals surface area contributed by atoms with Gasteiger partial charge < -0.3 is 10.6 Å². The molecule has 0 spiro atoms. The largest absolute Gasteiger partial charge is 0.350 e. The molecule has 6 heteroatoms. The summed E-state index contributed by atoms with van der Waals surface area (Å²) in [6.07, 6.45) is 2.15. The molecule has 0 fully saturated rings. The van der Waals surface area contributed by atoms with Crippen molar-refractivity contribution in [3.63, 3.8) is 0 Å². The number of benzene rings is 4. The number of aromatic nitrogens is 1. The number of carbonyl (C=O) groups is 2. The van der Waals surface area contributed by atoms with Crippen LogP contribution in [0.25, 0.3) is 0 Å². The fourth-order valence-corrected chi connectivity index (χ4v) is 6.38. The monoisotopic (exact) mass is 638 g/mol. The van der Waals surface area contributed by atoms with Gasteiger partial charge in [0.25, 0.3) is 5.91 Å². The van der Waals surface area contributed by atoms with Crippen molar-refractivity contribution in [3.05, 3.63) is 162 Å². The summed E-state index contributed by atoms with van der Waals surface area (Å²) in [6.45, 7) is 11.1. The molecule has 5 rings (SSSR count). The predicted octanol–water partition coefficient (Wildman–Crippen LogP) is 9.70.